The normalized spacial score (nSPS) is 16.4. The van der Waals surface area contributed by atoms with Crippen LogP contribution in [-0.4, -0.2) is 18.2 Å². The first-order valence-corrected chi connectivity index (χ1v) is 5.74. The van der Waals surface area contributed by atoms with Gasteiger partial charge in [-0.1, -0.05) is 50.6 Å². The Morgan fingerprint density at radius 3 is 2.50 bits per heavy atom. The van der Waals surface area contributed by atoms with Crippen LogP contribution >= 0.6 is 0 Å². The molecule has 0 aliphatic carbocycles. The summed E-state index contributed by atoms with van der Waals surface area (Å²) in [6, 6.07) is 0. The Morgan fingerprint density at radius 1 is 1.17 bits per heavy atom. The first kappa shape index (κ1) is 13.8. The summed E-state index contributed by atoms with van der Waals surface area (Å²) < 4.78 is 5.66. The zero-order chi connectivity index (χ0) is 13.4. The van der Waals surface area contributed by atoms with E-state index in [9.17, 15) is 0 Å². The first-order chi connectivity index (χ1) is 8.76. The standard InChI is InChI=1S/C16H19NO/c1-5-9-11-14-12-17(13-18-16(14)8-4)15(7-3)10-6-2/h5-11H,1-4,12-13H2/b11-9-,15-10+. The van der Waals surface area contributed by atoms with E-state index in [2.05, 4.69) is 31.2 Å². The minimum atomic E-state index is 0.485. The number of ether oxygens (including phenoxy) is 1. The third-order valence-electron chi connectivity index (χ3n) is 2.54. The summed E-state index contributed by atoms with van der Waals surface area (Å²) in [5, 5.41) is 0. The van der Waals surface area contributed by atoms with Crippen molar-refractivity contribution in [2.75, 3.05) is 13.3 Å². The summed E-state index contributed by atoms with van der Waals surface area (Å²) in [5.41, 5.74) is 2.05. The topological polar surface area (TPSA) is 12.5 Å². The Labute approximate surface area is 109 Å². The molecule has 0 atom stereocenters. The van der Waals surface area contributed by atoms with Gasteiger partial charge in [-0.2, -0.15) is 0 Å². The van der Waals surface area contributed by atoms with Crippen molar-refractivity contribution in [2.24, 2.45) is 0 Å². The van der Waals surface area contributed by atoms with Crippen molar-refractivity contribution in [3.8, 4) is 0 Å². The second-order valence-corrected chi connectivity index (χ2v) is 3.69. The lowest BCUT2D eigenvalue weighted by atomic mass is 10.1. The van der Waals surface area contributed by atoms with Crippen LogP contribution in [0.25, 0.3) is 0 Å². The van der Waals surface area contributed by atoms with E-state index in [0.29, 0.717) is 6.73 Å². The van der Waals surface area contributed by atoms with Crippen LogP contribution in [0.1, 0.15) is 0 Å². The average molecular weight is 241 g/mol. The van der Waals surface area contributed by atoms with E-state index in [1.807, 2.05) is 18.2 Å². The van der Waals surface area contributed by atoms with Gasteiger partial charge in [0.15, 0.2) is 6.73 Å². The summed E-state index contributed by atoms with van der Waals surface area (Å²) in [4.78, 5) is 2.07. The Morgan fingerprint density at radius 2 is 1.94 bits per heavy atom. The first-order valence-electron chi connectivity index (χ1n) is 5.74. The summed E-state index contributed by atoms with van der Waals surface area (Å²) in [7, 11) is 0. The minimum absolute atomic E-state index is 0.485. The van der Waals surface area contributed by atoms with E-state index in [1.165, 1.54) is 0 Å². The highest BCUT2D eigenvalue weighted by molar-refractivity contribution is 5.34. The summed E-state index contributed by atoms with van der Waals surface area (Å²) in [5.74, 6) is 0.811. The van der Waals surface area contributed by atoms with Gasteiger partial charge in [0.2, 0.25) is 0 Å². The Bertz CT molecular complexity index is 438. The molecule has 1 heterocycles. The second-order valence-electron chi connectivity index (χ2n) is 3.69. The smallest absolute Gasteiger partial charge is 0.161 e. The Hall–Kier alpha value is -2.22. The quantitative estimate of drug-likeness (QED) is 0.657. The molecule has 2 heteroatoms. The third kappa shape index (κ3) is 3.39. The van der Waals surface area contributed by atoms with Gasteiger partial charge in [0.05, 0.1) is 0 Å². The van der Waals surface area contributed by atoms with Crippen molar-refractivity contribution in [1.29, 1.82) is 0 Å². The van der Waals surface area contributed by atoms with Crippen LogP contribution in [-0.2, 0) is 4.74 Å². The van der Waals surface area contributed by atoms with Gasteiger partial charge in [-0.3, -0.25) is 0 Å². The molecular formula is C16H19NO. The van der Waals surface area contributed by atoms with Gasteiger partial charge in [-0.15, -0.1) is 0 Å². The second kappa shape index (κ2) is 7.17. The van der Waals surface area contributed by atoms with E-state index in [1.54, 1.807) is 24.3 Å². The number of rotatable bonds is 6. The van der Waals surface area contributed by atoms with Gasteiger partial charge < -0.3 is 9.64 Å². The van der Waals surface area contributed by atoms with Gasteiger partial charge in [-0.05, 0) is 18.2 Å². The van der Waals surface area contributed by atoms with Crippen LogP contribution in [0.5, 0.6) is 0 Å². The van der Waals surface area contributed by atoms with Crippen LogP contribution in [0.15, 0.2) is 85.9 Å². The molecule has 0 aromatic heterocycles. The zero-order valence-corrected chi connectivity index (χ0v) is 10.6. The van der Waals surface area contributed by atoms with Crippen LogP contribution in [0.3, 0.4) is 0 Å². The lowest BCUT2D eigenvalue weighted by molar-refractivity contribution is 0.0923. The third-order valence-corrected chi connectivity index (χ3v) is 2.54. The maximum absolute atomic E-state index is 5.66. The fraction of sp³-hybridized carbons (Fsp3) is 0.125. The maximum Gasteiger partial charge on any atom is 0.161 e. The maximum atomic E-state index is 5.66. The summed E-state index contributed by atoms with van der Waals surface area (Å²) >= 11 is 0. The van der Waals surface area contributed by atoms with Crippen LogP contribution < -0.4 is 0 Å². The molecule has 94 valence electrons. The molecule has 0 spiro atoms. The number of nitrogens with zero attached hydrogens (tertiary/aromatic N) is 1. The number of hydrogen-bond acceptors (Lipinski definition) is 2. The molecule has 1 rings (SSSR count). The molecule has 0 saturated carbocycles. The van der Waals surface area contributed by atoms with E-state index in [0.717, 1.165) is 23.6 Å². The minimum Gasteiger partial charge on any atom is -0.473 e. The largest absolute Gasteiger partial charge is 0.473 e. The van der Waals surface area contributed by atoms with Crippen molar-refractivity contribution >= 4 is 0 Å². The van der Waals surface area contributed by atoms with Crippen molar-refractivity contribution < 1.29 is 4.74 Å². The zero-order valence-electron chi connectivity index (χ0n) is 10.6. The molecular weight excluding hydrogens is 222 g/mol. The fourth-order valence-corrected chi connectivity index (χ4v) is 1.67. The summed E-state index contributed by atoms with van der Waals surface area (Å²) in [6.45, 7) is 16.1. The van der Waals surface area contributed by atoms with E-state index < -0.39 is 0 Å². The van der Waals surface area contributed by atoms with Gasteiger partial charge in [0.25, 0.3) is 0 Å². The fourth-order valence-electron chi connectivity index (χ4n) is 1.67. The predicted octanol–water partition coefficient (Wildman–Crippen LogP) is 3.71. The lowest BCUT2D eigenvalue weighted by Crippen LogP contribution is -2.31. The molecule has 1 aliphatic heterocycles. The van der Waals surface area contributed by atoms with Crippen molar-refractivity contribution in [3.05, 3.63) is 85.9 Å². The van der Waals surface area contributed by atoms with Crippen LogP contribution in [0, 0.1) is 0 Å². The van der Waals surface area contributed by atoms with Crippen molar-refractivity contribution in [3.63, 3.8) is 0 Å². The SMILES string of the molecule is C=C/C=C\C1=C(C=C)OCN(/C(C=C)=C/C=C)C1. The number of hydrogen-bond donors (Lipinski definition) is 0. The predicted molar refractivity (Wildman–Crippen MR) is 77.7 cm³/mol. The Kier molecular flexibility index (Phi) is 5.52. The monoisotopic (exact) mass is 241 g/mol. The molecule has 0 fully saturated rings. The average Bonchev–Trinajstić information content (AvgIpc) is 2.42. The molecule has 0 amide bonds. The highest BCUT2D eigenvalue weighted by atomic mass is 16.5. The summed E-state index contributed by atoms with van der Waals surface area (Å²) in [6.07, 6.45) is 12.8. The lowest BCUT2D eigenvalue weighted by Gasteiger charge is -2.31. The number of allylic oxidation sites excluding steroid dienone is 6. The molecule has 0 saturated heterocycles. The molecule has 2 nitrogen and oxygen atoms in total. The van der Waals surface area contributed by atoms with Gasteiger partial charge >= 0.3 is 0 Å². The van der Waals surface area contributed by atoms with E-state index >= 15 is 0 Å². The molecule has 18 heavy (non-hydrogen) atoms. The van der Waals surface area contributed by atoms with Gasteiger partial charge in [-0.25, -0.2) is 0 Å². The highest BCUT2D eigenvalue weighted by Crippen LogP contribution is 2.21. The van der Waals surface area contributed by atoms with E-state index in [-0.39, 0.29) is 0 Å². The molecule has 0 aromatic rings. The molecule has 0 bridgehead atoms. The van der Waals surface area contributed by atoms with Crippen LogP contribution in [0.4, 0.5) is 0 Å². The van der Waals surface area contributed by atoms with Crippen molar-refractivity contribution in [2.45, 2.75) is 0 Å². The molecule has 0 radical (unpaired) electrons. The molecule has 0 aromatic carbocycles. The molecule has 0 N–H and O–H groups in total. The van der Waals surface area contributed by atoms with Gasteiger partial charge in [0, 0.05) is 17.8 Å². The van der Waals surface area contributed by atoms with Crippen molar-refractivity contribution in [1.82, 2.24) is 4.90 Å². The van der Waals surface area contributed by atoms with E-state index in [4.69, 9.17) is 4.74 Å². The molecule has 1 aliphatic rings. The van der Waals surface area contributed by atoms with Crippen LogP contribution in [0.2, 0.25) is 0 Å². The Balaban J connectivity index is 2.97. The molecule has 0 unspecified atom stereocenters. The van der Waals surface area contributed by atoms with Gasteiger partial charge in [0.1, 0.15) is 5.76 Å². The highest BCUT2D eigenvalue weighted by Gasteiger charge is 2.17.